The third-order valence-electron chi connectivity index (χ3n) is 3.07. The van der Waals surface area contributed by atoms with Crippen molar-refractivity contribution in [2.24, 2.45) is 0 Å². The molecule has 1 rings (SSSR count). The van der Waals surface area contributed by atoms with E-state index in [9.17, 15) is 9.36 Å². The first kappa shape index (κ1) is 18.7. The normalized spacial score (nSPS) is 15.0. The van der Waals surface area contributed by atoms with Crippen LogP contribution in [0.2, 0.25) is 0 Å². The maximum absolute atomic E-state index is 13.4. The van der Waals surface area contributed by atoms with Gasteiger partial charge >= 0.3 is 13.5 Å². The predicted octanol–water partition coefficient (Wildman–Crippen LogP) is 3.99. The fourth-order valence-corrected chi connectivity index (χ4v) is 3.58. The molecule has 0 aliphatic heterocycles. The molecule has 0 saturated carbocycles. The molecule has 0 heterocycles. The molecule has 0 amide bonds. The Labute approximate surface area is 132 Å². The molecular formula is C16H26NO4P. The van der Waals surface area contributed by atoms with E-state index in [0.29, 0.717) is 5.75 Å². The van der Waals surface area contributed by atoms with Gasteiger partial charge in [-0.3, -0.25) is 9.36 Å². The summed E-state index contributed by atoms with van der Waals surface area (Å²) in [6, 6.07) is 8.93. The zero-order valence-corrected chi connectivity index (χ0v) is 15.1. The number of benzene rings is 1. The van der Waals surface area contributed by atoms with Crippen LogP contribution in [0.15, 0.2) is 30.3 Å². The summed E-state index contributed by atoms with van der Waals surface area (Å²) in [6.07, 6.45) is 0. The van der Waals surface area contributed by atoms with Gasteiger partial charge in [-0.1, -0.05) is 18.2 Å². The summed E-state index contributed by atoms with van der Waals surface area (Å²) < 4.78 is 24.2. The Morgan fingerprint density at radius 2 is 1.68 bits per heavy atom. The Kier molecular flexibility index (Phi) is 5.82. The van der Waals surface area contributed by atoms with Crippen LogP contribution in [0.3, 0.4) is 0 Å². The minimum atomic E-state index is -3.37. The third kappa shape index (κ3) is 4.59. The molecule has 1 atom stereocenters. The van der Waals surface area contributed by atoms with Crippen molar-refractivity contribution in [3.05, 3.63) is 30.3 Å². The number of ether oxygens (including phenoxy) is 1. The van der Waals surface area contributed by atoms with Gasteiger partial charge in [-0.25, -0.2) is 5.09 Å². The van der Waals surface area contributed by atoms with Crippen LogP contribution in [-0.2, 0) is 14.1 Å². The van der Waals surface area contributed by atoms with Crippen LogP contribution in [0.25, 0.3) is 0 Å². The highest BCUT2D eigenvalue weighted by Crippen LogP contribution is 2.56. The first-order valence-corrected chi connectivity index (χ1v) is 8.96. The lowest BCUT2D eigenvalue weighted by Gasteiger charge is -2.36. The van der Waals surface area contributed by atoms with Crippen LogP contribution in [0.5, 0.6) is 5.75 Å². The fourth-order valence-electron chi connectivity index (χ4n) is 1.68. The maximum atomic E-state index is 13.4. The Morgan fingerprint density at radius 3 is 2.14 bits per heavy atom. The van der Waals surface area contributed by atoms with Crippen molar-refractivity contribution in [1.82, 2.24) is 5.09 Å². The molecule has 6 heteroatoms. The summed E-state index contributed by atoms with van der Waals surface area (Å²) in [6.45, 7) is 10.7. The molecule has 124 valence electrons. The lowest BCUT2D eigenvalue weighted by molar-refractivity contribution is -0.149. The maximum Gasteiger partial charge on any atom is 0.326 e. The molecule has 1 aromatic carbocycles. The van der Waals surface area contributed by atoms with Crippen LogP contribution in [0.4, 0.5) is 0 Å². The Hall–Kier alpha value is -1.32. The molecule has 22 heavy (non-hydrogen) atoms. The average Bonchev–Trinajstić information content (AvgIpc) is 2.38. The van der Waals surface area contributed by atoms with Gasteiger partial charge in [-0.15, -0.1) is 0 Å². The summed E-state index contributed by atoms with van der Waals surface area (Å²) in [5.74, 6) is 0.0315. The van der Waals surface area contributed by atoms with Crippen LogP contribution in [0.1, 0.15) is 41.5 Å². The highest BCUT2D eigenvalue weighted by atomic mass is 31.2. The average molecular weight is 327 g/mol. The molecule has 1 unspecified atom stereocenters. The summed E-state index contributed by atoms with van der Waals surface area (Å²) in [5, 5.41) is 2.21. The summed E-state index contributed by atoms with van der Waals surface area (Å²) >= 11 is 0. The number of carbonyl (C=O) groups excluding carboxylic acids is 1. The topological polar surface area (TPSA) is 64.6 Å². The first-order valence-electron chi connectivity index (χ1n) is 7.33. The molecule has 1 N–H and O–H groups in total. The van der Waals surface area contributed by atoms with Crippen LogP contribution in [-0.4, -0.2) is 23.3 Å². The second-order valence-corrected chi connectivity index (χ2v) is 9.43. The molecule has 0 aliphatic rings. The molecule has 0 fully saturated rings. The standard InChI is InChI=1S/C16H26NO4P/c1-7-20-14(18)16(5,6)17-22(19,15(2,3)4)21-13-11-9-8-10-12-13/h8-12H,7H2,1-6H3,(H,17,19). The van der Waals surface area contributed by atoms with Crippen LogP contribution in [0, 0.1) is 0 Å². The Morgan fingerprint density at radius 1 is 1.14 bits per heavy atom. The van der Waals surface area contributed by atoms with Gasteiger partial charge in [0, 0.05) is 0 Å². The van der Waals surface area contributed by atoms with Gasteiger partial charge < -0.3 is 9.26 Å². The van der Waals surface area contributed by atoms with E-state index < -0.39 is 24.2 Å². The summed E-state index contributed by atoms with van der Waals surface area (Å²) in [5.41, 5.74) is -1.12. The quantitative estimate of drug-likeness (QED) is 0.632. The van der Waals surface area contributed by atoms with Gasteiger partial charge in [-0.05, 0) is 53.7 Å². The summed E-state index contributed by atoms with van der Waals surface area (Å²) in [4.78, 5) is 12.1. The lowest BCUT2D eigenvalue weighted by atomic mass is 10.1. The second kappa shape index (κ2) is 6.84. The number of nitrogens with one attached hydrogen (secondary N) is 1. The molecule has 0 aromatic heterocycles. The van der Waals surface area contributed by atoms with E-state index >= 15 is 0 Å². The third-order valence-corrected chi connectivity index (χ3v) is 6.16. The van der Waals surface area contributed by atoms with E-state index in [1.54, 1.807) is 45.0 Å². The Bertz CT molecular complexity index is 549. The fraction of sp³-hybridized carbons (Fsp3) is 0.562. The number of carbonyl (C=O) groups is 1. The van der Waals surface area contributed by atoms with Crippen molar-refractivity contribution in [1.29, 1.82) is 0 Å². The van der Waals surface area contributed by atoms with Crippen molar-refractivity contribution in [2.75, 3.05) is 6.61 Å². The van der Waals surface area contributed by atoms with Crippen molar-refractivity contribution in [3.63, 3.8) is 0 Å². The number of para-hydroxylation sites is 1. The van der Waals surface area contributed by atoms with Gasteiger partial charge in [-0.2, -0.15) is 0 Å². The number of rotatable bonds is 6. The van der Waals surface area contributed by atoms with Gasteiger partial charge in [0.15, 0.2) is 0 Å². The largest absolute Gasteiger partial charge is 0.465 e. The van der Waals surface area contributed by atoms with Crippen molar-refractivity contribution in [3.8, 4) is 5.75 Å². The number of hydrogen-bond donors (Lipinski definition) is 1. The lowest BCUT2D eigenvalue weighted by Crippen LogP contribution is -2.49. The van der Waals surface area contributed by atoms with E-state index in [1.165, 1.54) is 0 Å². The number of hydrogen-bond acceptors (Lipinski definition) is 4. The molecule has 0 radical (unpaired) electrons. The molecule has 1 aromatic rings. The highest BCUT2D eigenvalue weighted by Gasteiger charge is 2.46. The second-order valence-electron chi connectivity index (χ2n) is 6.58. The molecule has 0 spiro atoms. The van der Waals surface area contributed by atoms with E-state index in [-0.39, 0.29) is 6.61 Å². The number of esters is 1. The van der Waals surface area contributed by atoms with Gasteiger partial charge in [0.2, 0.25) is 0 Å². The highest BCUT2D eigenvalue weighted by molar-refractivity contribution is 7.59. The minimum absolute atomic E-state index is 0.267. The van der Waals surface area contributed by atoms with Gasteiger partial charge in [0.25, 0.3) is 0 Å². The molecule has 0 aliphatic carbocycles. The smallest absolute Gasteiger partial charge is 0.326 e. The van der Waals surface area contributed by atoms with Gasteiger partial charge in [0.05, 0.1) is 11.8 Å². The predicted molar refractivity (Wildman–Crippen MR) is 88.3 cm³/mol. The zero-order valence-electron chi connectivity index (χ0n) is 14.2. The van der Waals surface area contributed by atoms with Crippen LogP contribution >= 0.6 is 7.52 Å². The molecule has 0 saturated heterocycles. The van der Waals surface area contributed by atoms with E-state index in [2.05, 4.69) is 5.09 Å². The van der Waals surface area contributed by atoms with E-state index in [1.807, 2.05) is 26.8 Å². The van der Waals surface area contributed by atoms with E-state index in [0.717, 1.165) is 0 Å². The van der Waals surface area contributed by atoms with Crippen molar-refractivity contribution in [2.45, 2.75) is 52.2 Å². The Balaban J connectivity index is 3.09. The monoisotopic (exact) mass is 327 g/mol. The van der Waals surface area contributed by atoms with Gasteiger partial charge in [0.1, 0.15) is 11.3 Å². The SMILES string of the molecule is CCOC(=O)C(C)(C)NP(=O)(Oc1ccccc1)C(C)(C)C. The summed E-state index contributed by atoms with van der Waals surface area (Å²) in [7, 11) is -3.37. The molecule has 5 nitrogen and oxygen atoms in total. The van der Waals surface area contributed by atoms with Crippen LogP contribution < -0.4 is 9.61 Å². The molecule has 0 bridgehead atoms. The van der Waals surface area contributed by atoms with Crippen molar-refractivity contribution < 1.29 is 18.6 Å². The van der Waals surface area contributed by atoms with E-state index in [4.69, 9.17) is 9.26 Å². The minimum Gasteiger partial charge on any atom is -0.465 e. The first-order chi connectivity index (χ1) is 10.0. The van der Waals surface area contributed by atoms with Crippen molar-refractivity contribution >= 4 is 13.5 Å². The zero-order chi connectivity index (χ0) is 17.0. The molecular weight excluding hydrogens is 301 g/mol.